The molecular formula is C17H20N2O2. The van der Waals surface area contributed by atoms with Crippen LogP contribution in [0.4, 0.5) is 5.69 Å². The second kappa shape index (κ2) is 5.28. The molecule has 1 heterocycles. The van der Waals surface area contributed by atoms with Crippen molar-refractivity contribution in [3.05, 3.63) is 57.0 Å². The Bertz CT molecular complexity index is 734. The summed E-state index contributed by atoms with van der Waals surface area (Å²) in [4.78, 5) is 14.4. The highest BCUT2D eigenvalue weighted by molar-refractivity contribution is 5.60. The monoisotopic (exact) mass is 284 g/mol. The predicted molar refractivity (Wildman–Crippen MR) is 83.9 cm³/mol. The van der Waals surface area contributed by atoms with E-state index in [1.807, 2.05) is 32.0 Å². The van der Waals surface area contributed by atoms with E-state index in [1.54, 1.807) is 6.07 Å². The Hall–Kier alpha value is -2.23. The highest BCUT2D eigenvalue weighted by atomic mass is 16.3. The zero-order valence-electron chi connectivity index (χ0n) is 12.4. The lowest BCUT2D eigenvalue weighted by Crippen LogP contribution is -2.21. The Morgan fingerprint density at radius 2 is 2.05 bits per heavy atom. The van der Waals surface area contributed by atoms with Crippen LogP contribution in [-0.4, -0.2) is 10.1 Å². The van der Waals surface area contributed by atoms with Gasteiger partial charge >= 0.3 is 0 Å². The number of pyridine rings is 1. The van der Waals surface area contributed by atoms with Gasteiger partial charge in [-0.15, -0.1) is 0 Å². The van der Waals surface area contributed by atoms with E-state index < -0.39 is 0 Å². The first-order valence-corrected chi connectivity index (χ1v) is 7.34. The van der Waals surface area contributed by atoms with Gasteiger partial charge < -0.3 is 15.4 Å². The van der Waals surface area contributed by atoms with Crippen LogP contribution in [0.2, 0.25) is 0 Å². The van der Waals surface area contributed by atoms with Gasteiger partial charge in [-0.2, -0.15) is 0 Å². The first-order valence-electron chi connectivity index (χ1n) is 7.34. The molecule has 0 bridgehead atoms. The number of phenols is 1. The van der Waals surface area contributed by atoms with Gasteiger partial charge in [0.05, 0.1) is 6.04 Å². The molecule has 110 valence electrons. The Balaban J connectivity index is 1.94. The van der Waals surface area contributed by atoms with Crippen molar-refractivity contribution >= 4 is 5.69 Å². The Morgan fingerprint density at radius 1 is 1.24 bits per heavy atom. The van der Waals surface area contributed by atoms with Crippen LogP contribution in [0.25, 0.3) is 0 Å². The lowest BCUT2D eigenvalue weighted by molar-refractivity contribution is 0.467. The summed E-state index contributed by atoms with van der Waals surface area (Å²) in [5.74, 6) is 0.345. The predicted octanol–water partition coefficient (Wildman–Crippen LogP) is 3.19. The van der Waals surface area contributed by atoms with Gasteiger partial charge in [-0.1, -0.05) is 6.07 Å². The SMILES string of the molecule is Cc1ccc(NC2CCCc3[nH]c(=O)ccc32)c(C)c1O. The largest absolute Gasteiger partial charge is 0.507 e. The van der Waals surface area contributed by atoms with Crippen LogP contribution in [0.3, 0.4) is 0 Å². The molecule has 0 fully saturated rings. The molecule has 1 atom stereocenters. The number of aromatic nitrogens is 1. The van der Waals surface area contributed by atoms with E-state index in [0.29, 0.717) is 5.75 Å². The molecule has 1 unspecified atom stereocenters. The number of hydrogen-bond donors (Lipinski definition) is 3. The molecule has 4 heteroatoms. The van der Waals surface area contributed by atoms with Gasteiger partial charge in [0.2, 0.25) is 5.56 Å². The van der Waals surface area contributed by atoms with Gasteiger partial charge in [-0.3, -0.25) is 4.79 Å². The highest BCUT2D eigenvalue weighted by Crippen LogP contribution is 2.34. The summed E-state index contributed by atoms with van der Waals surface area (Å²) in [6.07, 6.45) is 2.98. The fourth-order valence-corrected chi connectivity index (χ4v) is 3.03. The van der Waals surface area contributed by atoms with Crippen LogP contribution in [-0.2, 0) is 6.42 Å². The summed E-state index contributed by atoms with van der Waals surface area (Å²) in [5, 5.41) is 13.6. The summed E-state index contributed by atoms with van der Waals surface area (Å²) in [5.41, 5.74) is 4.83. The van der Waals surface area contributed by atoms with E-state index in [9.17, 15) is 9.90 Å². The maximum absolute atomic E-state index is 11.4. The summed E-state index contributed by atoms with van der Waals surface area (Å²) in [6, 6.07) is 7.59. The van der Waals surface area contributed by atoms with Gasteiger partial charge in [0, 0.05) is 23.0 Å². The third kappa shape index (κ3) is 2.53. The summed E-state index contributed by atoms with van der Waals surface area (Å²) >= 11 is 0. The number of fused-ring (bicyclic) bond motifs is 1. The maximum Gasteiger partial charge on any atom is 0.248 e. The fraction of sp³-hybridized carbons (Fsp3) is 0.353. The van der Waals surface area contributed by atoms with Crippen LogP contribution in [0.1, 0.15) is 41.3 Å². The smallest absolute Gasteiger partial charge is 0.248 e. The average Bonchev–Trinajstić information content (AvgIpc) is 2.48. The number of H-pyrrole nitrogens is 1. The second-order valence-electron chi connectivity index (χ2n) is 5.75. The highest BCUT2D eigenvalue weighted by Gasteiger charge is 2.21. The number of benzene rings is 1. The zero-order chi connectivity index (χ0) is 15.0. The maximum atomic E-state index is 11.4. The van der Waals surface area contributed by atoms with Crippen LogP contribution >= 0.6 is 0 Å². The van der Waals surface area contributed by atoms with E-state index in [4.69, 9.17) is 0 Å². The molecule has 0 saturated heterocycles. The topological polar surface area (TPSA) is 65.1 Å². The summed E-state index contributed by atoms with van der Waals surface area (Å²) in [7, 11) is 0. The van der Waals surface area contributed by atoms with E-state index >= 15 is 0 Å². The van der Waals surface area contributed by atoms with Crippen molar-refractivity contribution in [1.82, 2.24) is 4.98 Å². The fourth-order valence-electron chi connectivity index (χ4n) is 3.03. The minimum atomic E-state index is -0.0430. The molecule has 0 radical (unpaired) electrons. The van der Waals surface area contributed by atoms with Gasteiger partial charge in [0.15, 0.2) is 0 Å². The van der Waals surface area contributed by atoms with Gasteiger partial charge in [-0.05, 0) is 56.4 Å². The van der Waals surface area contributed by atoms with Crippen molar-refractivity contribution in [3.8, 4) is 5.75 Å². The first kappa shape index (κ1) is 13.7. The van der Waals surface area contributed by atoms with E-state index in [-0.39, 0.29) is 11.6 Å². The first-order chi connectivity index (χ1) is 10.1. The quantitative estimate of drug-likeness (QED) is 0.793. The second-order valence-corrected chi connectivity index (χ2v) is 5.75. The van der Waals surface area contributed by atoms with Crippen molar-refractivity contribution < 1.29 is 5.11 Å². The molecule has 0 amide bonds. The van der Waals surface area contributed by atoms with Gasteiger partial charge in [0.25, 0.3) is 0 Å². The number of aromatic hydroxyl groups is 1. The Kier molecular flexibility index (Phi) is 3.45. The minimum absolute atomic E-state index is 0.0430. The molecule has 1 aromatic carbocycles. The van der Waals surface area contributed by atoms with E-state index in [0.717, 1.165) is 47.3 Å². The number of anilines is 1. The molecule has 1 aliphatic carbocycles. The Morgan fingerprint density at radius 3 is 2.86 bits per heavy atom. The van der Waals surface area contributed by atoms with E-state index in [1.165, 1.54) is 0 Å². The van der Waals surface area contributed by atoms with Crippen molar-refractivity contribution in [2.24, 2.45) is 0 Å². The number of hydrogen-bond acceptors (Lipinski definition) is 3. The van der Waals surface area contributed by atoms with Gasteiger partial charge in [-0.25, -0.2) is 0 Å². The molecule has 3 rings (SSSR count). The number of rotatable bonds is 2. The number of aryl methyl sites for hydroxylation is 2. The van der Waals surface area contributed by atoms with Crippen LogP contribution in [0.5, 0.6) is 5.75 Å². The minimum Gasteiger partial charge on any atom is -0.507 e. The number of aromatic amines is 1. The van der Waals surface area contributed by atoms with Crippen molar-refractivity contribution in [3.63, 3.8) is 0 Å². The Labute approximate surface area is 123 Å². The molecule has 21 heavy (non-hydrogen) atoms. The molecule has 1 aliphatic rings. The zero-order valence-corrected chi connectivity index (χ0v) is 12.4. The molecule has 2 aromatic rings. The molecule has 1 aromatic heterocycles. The van der Waals surface area contributed by atoms with Crippen molar-refractivity contribution in [2.75, 3.05) is 5.32 Å². The standard InChI is InChI=1S/C17H20N2O2/c1-10-6-8-13(11(2)17(10)21)18-14-4-3-5-15-12(14)7-9-16(20)19-15/h6-9,14,18,21H,3-5H2,1-2H3,(H,19,20). The lowest BCUT2D eigenvalue weighted by Gasteiger charge is -2.27. The number of nitrogens with one attached hydrogen (secondary N) is 2. The van der Waals surface area contributed by atoms with E-state index in [2.05, 4.69) is 10.3 Å². The lowest BCUT2D eigenvalue weighted by atomic mass is 9.91. The number of phenolic OH excluding ortho intramolecular Hbond substituents is 1. The summed E-state index contributed by atoms with van der Waals surface area (Å²) < 4.78 is 0. The third-order valence-electron chi connectivity index (χ3n) is 4.29. The van der Waals surface area contributed by atoms with Crippen molar-refractivity contribution in [1.29, 1.82) is 0 Å². The molecule has 0 saturated carbocycles. The summed E-state index contributed by atoms with van der Waals surface area (Å²) in [6.45, 7) is 3.81. The molecular weight excluding hydrogens is 264 g/mol. The molecule has 0 spiro atoms. The molecule has 4 nitrogen and oxygen atoms in total. The normalized spacial score (nSPS) is 17.3. The average molecular weight is 284 g/mol. The molecule has 0 aliphatic heterocycles. The van der Waals surface area contributed by atoms with Crippen molar-refractivity contribution in [2.45, 2.75) is 39.2 Å². The van der Waals surface area contributed by atoms with Crippen LogP contribution in [0.15, 0.2) is 29.1 Å². The van der Waals surface area contributed by atoms with Gasteiger partial charge in [0.1, 0.15) is 5.75 Å². The van der Waals surface area contributed by atoms with Crippen LogP contribution in [0, 0.1) is 13.8 Å². The van der Waals surface area contributed by atoms with Crippen LogP contribution < -0.4 is 10.9 Å². The molecule has 3 N–H and O–H groups in total. The third-order valence-corrected chi connectivity index (χ3v) is 4.29.